The number of ether oxygens (including phenoxy) is 2. The van der Waals surface area contributed by atoms with E-state index in [0.29, 0.717) is 30.9 Å². The SMILES string of the molecule is C#CCOc1cccc(C(=O)NC(C)(C)CCOC(C)(C)CCN)c1. The van der Waals surface area contributed by atoms with Crippen LogP contribution < -0.4 is 15.8 Å². The Morgan fingerprint density at radius 2 is 2.00 bits per heavy atom. The molecule has 0 heterocycles. The van der Waals surface area contributed by atoms with Crippen molar-refractivity contribution in [1.82, 2.24) is 5.32 Å². The number of nitrogens with two attached hydrogens (primary N) is 1. The maximum Gasteiger partial charge on any atom is 0.251 e. The van der Waals surface area contributed by atoms with Crippen LogP contribution in [0.4, 0.5) is 0 Å². The van der Waals surface area contributed by atoms with Gasteiger partial charge in [-0.2, -0.15) is 0 Å². The summed E-state index contributed by atoms with van der Waals surface area (Å²) in [6.07, 6.45) is 6.67. The Balaban J connectivity index is 2.58. The molecular weight excluding hydrogens is 316 g/mol. The smallest absolute Gasteiger partial charge is 0.251 e. The second kappa shape index (κ2) is 9.45. The normalized spacial score (nSPS) is 11.7. The fourth-order valence-electron chi connectivity index (χ4n) is 2.30. The van der Waals surface area contributed by atoms with E-state index in [1.54, 1.807) is 24.3 Å². The van der Waals surface area contributed by atoms with Gasteiger partial charge in [0.25, 0.3) is 5.91 Å². The van der Waals surface area contributed by atoms with Crippen LogP contribution >= 0.6 is 0 Å². The Bertz CT molecular complexity index is 603. The van der Waals surface area contributed by atoms with E-state index in [1.165, 1.54) is 0 Å². The molecule has 0 bridgehead atoms. The van der Waals surface area contributed by atoms with Gasteiger partial charge in [-0.05, 0) is 65.3 Å². The van der Waals surface area contributed by atoms with Crippen LogP contribution in [0.15, 0.2) is 24.3 Å². The van der Waals surface area contributed by atoms with Crippen LogP contribution in [-0.2, 0) is 4.74 Å². The summed E-state index contributed by atoms with van der Waals surface area (Å²) in [5.74, 6) is 2.83. The highest BCUT2D eigenvalue weighted by Crippen LogP contribution is 2.18. The van der Waals surface area contributed by atoms with Gasteiger partial charge in [0.05, 0.1) is 5.60 Å². The fraction of sp³-hybridized carbons (Fsp3) is 0.550. The van der Waals surface area contributed by atoms with Crippen molar-refractivity contribution in [3.8, 4) is 18.1 Å². The molecule has 1 rings (SSSR count). The topological polar surface area (TPSA) is 73.6 Å². The second-order valence-corrected chi connectivity index (χ2v) is 7.26. The van der Waals surface area contributed by atoms with E-state index in [0.717, 1.165) is 6.42 Å². The van der Waals surface area contributed by atoms with Gasteiger partial charge >= 0.3 is 0 Å². The lowest BCUT2D eigenvalue weighted by Crippen LogP contribution is -2.44. The lowest BCUT2D eigenvalue weighted by atomic mass is 9.99. The van der Waals surface area contributed by atoms with Gasteiger partial charge in [0.1, 0.15) is 12.4 Å². The molecule has 0 aliphatic rings. The Morgan fingerprint density at radius 1 is 1.28 bits per heavy atom. The van der Waals surface area contributed by atoms with E-state index in [1.807, 2.05) is 27.7 Å². The molecule has 138 valence electrons. The van der Waals surface area contributed by atoms with Crippen LogP contribution in [0.2, 0.25) is 0 Å². The van der Waals surface area contributed by atoms with Crippen LogP contribution in [0, 0.1) is 12.3 Å². The first-order chi connectivity index (χ1) is 11.7. The average molecular weight is 346 g/mol. The molecule has 5 heteroatoms. The number of carbonyl (C=O) groups excluding carboxylic acids is 1. The Hall–Kier alpha value is -2.03. The third kappa shape index (κ3) is 8.06. The Morgan fingerprint density at radius 3 is 2.64 bits per heavy atom. The molecule has 5 nitrogen and oxygen atoms in total. The van der Waals surface area contributed by atoms with E-state index in [2.05, 4.69) is 11.2 Å². The van der Waals surface area contributed by atoms with Gasteiger partial charge in [-0.3, -0.25) is 4.79 Å². The van der Waals surface area contributed by atoms with E-state index >= 15 is 0 Å². The summed E-state index contributed by atoms with van der Waals surface area (Å²) >= 11 is 0. The fourth-order valence-corrected chi connectivity index (χ4v) is 2.30. The highest BCUT2D eigenvalue weighted by molar-refractivity contribution is 5.95. The number of hydrogen-bond donors (Lipinski definition) is 2. The van der Waals surface area contributed by atoms with Crippen molar-refractivity contribution in [3.05, 3.63) is 29.8 Å². The molecule has 0 spiro atoms. The standard InChI is InChI=1S/C20H30N2O3/c1-6-13-24-17-9-7-8-16(15-17)18(23)22-19(2,3)11-14-25-20(4,5)10-12-21/h1,7-9,15H,10-14,21H2,2-5H3,(H,22,23). The predicted octanol–water partition coefficient (Wildman–Crippen LogP) is 2.74. The Labute approximate surface area is 151 Å². The zero-order valence-corrected chi connectivity index (χ0v) is 15.7. The van der Waals surface area contributed by atoms with Gasteiger partial charge in [-0.1, -0.05) is 12.0 Å². The third-order valence-corrected chi connectivity index (χ3v) is 3.84. The lowest BCUT2D eigenvalue weighted by Gasteiger charge is -2.30. The summed E-state index contributed by atoms with van der Waals surface area (Å²) in [7, 11) is 0. The molecule has 3 N–H and O–H groups in total. The summed E-state index contributed by atoms with van der Waals surface area (Å²) in [6.45, 7) is 9.30. The maximum absolute atomic E-state index is 12.5. The number of amides is 1. The van der Waals surface area contributed by atoms with Gasteiger partial charge in [0, 0.05) is 17.7 Å². The van der Waals surface area contributed by atoms with Crippen molar-refractivity contribution in [2.75, 3.05) is 19.8 Å². The van der Waals surface area contributed by atoms with Crippen LogP contribution in [-0.4, -0.2) is 36.8 Å². The molecule has 0 aliphatic heterocycles. The predicted molar refractivity (Wildman–Crippen MR) is 101 cm³/mol. The first-order valence-corrected chi connectivity index (χ1v) is 8.52. The minimum Gasteiger partial charge on any atom is -0.481 e. The molecule has 0 unspecified atom stereocenters. The van der Waals surface area contributed by atoms with Crippen LogP contribution in [0.1, 0.15) is 50.9 Å². The highest BCUT2D eigenvalue weighted by Gasteiger charge is 2.24. The summed E-state index contributed by atoms with van der Waals surface area (Å²) in [4.78, 5) is 12.5. The Kier molecular flexibility index (Phi) is 7.95. The highest BCUT2D eigenvalue weighted by atomic mass is 16.5. The molecule has 0 saturated carbocycles. The van der Waals surface area contributed by atoms with Crippen molar-refractivity contribution < 1.29 is 14.3 Å². The van der Waals surface area contributed by atoms with Crippen molar-refractivity contribution in [2.24, 2.45) is 5.73 Å². The molecule has 0 aromatic heterocycles. The average Bonchev–Trinajstić information content (AvgIpc) is 2.52. The first kappa shape index (κ1) is 21.0. The zero-order chi connectivity index (χ0) is 18.9. The molecule has 0 aliphatic carbocycles. The number of benzene rings is 1. The minimum absolute atomic E-state index is 0.155. The lowest BCUT2D eigenvalue weighted by molar-refractivity contribution is -0.0286. The molecule has 0 atom stereocenters. The van der Waals surface area contributed by atoms with Gasteiger partial charge in [-0.15, -0.1) is 6.42 Å². The van der Waals surface area contributed by atoms with Gasteiger partial charge in [0.2, 0.25) is 0 Å². The van der Waals surface area contributed by atoms with Gasteiger partial charge < -0.3 is 20.5 Å². The minimum atomic E-state index is -0.397. The van der Waals surface area contributed by atoms with Gasteiger partial charge in [-0.25, -0.2) is 0 Å². The number of hydrogen-bond acceptors (Lipinski definition) is 4. The summed E-state index contributed by atoms with van der Waals surface area (Å²) in [5.41, 5.74) is 5.47. The zero-order valence-electron chi connectivity index (χ0n) is 15.7. The largest absolute Gasteiger partial charge is 0.481 e. The molecule has 0 radical (unpaired) electrons. The summed E-state index contributed by atoms with van der Waals surface area (Å²) in [5, 5.41) is 3.03. The first-order valence-electron chi connectivity index (χ1n) is 8.52. The molecule has 1 aromatic carbocycles. The van der Waals surface area contributed by atoms with E-state index in [-0.39, 0.29) is 18.1 Å². The molecule has 0 saturated heterocycles. The van der Waals surface area contributed by atoms with Crippen LogP contribution in [0.5, 0.6) is 5.75 Å². The number of nitrogens with one attached hydrogen (secondary N) is 1. The van der Waals surface area contributed by atoms with Crippen molar-refractivity contribution in [2.45, 2.75) is 51.7 Å². The monoisotopic (exact) mass is 346 g/mol. The number of rotatable bonds is 10. The number of terminal acetylenes is 1. The van der Waals surface area contributed by atoms with E-state index < -0.39 is 5.54 Å². The molecule has 0 fully saturated rings. The van der Waals surface area contributed by atoms with Crippen LogP contribution in [0.3, 0.4) is 0 Å². The maximum atomic E-state index is 12.5. The second-order valence-electron chi connectivity index (χ2n) is 7.26. The van der Waals surface area contributed by atoms with Crippen LogP contribution in [0.25, 0.3) is 0 Å². The van der Waals surface area contributed by atoms with Gasteiger partial charge in [0.15, 0.2) is 0 Å². The van der Waals surface area contributed by atoms with E-state index in [4.69, 9.17) is 21.6 Å². The van der Waals surface area contributed by atoms with E-state index in [9.17, 15) is 4.79 Å². The molecular formula is C20H30N2O3. The van der Waals surface area contributed by atoms with Crippen molar-refractivity contribution >= 4 is 5.91 Å². The summed E-state index contributed by atoms with van der Waals surface area (Å²) < 4.78 is 11.2. The molecule has 1 amide bonds. The van der Waals surface area contributed by atoms with Crippen molar-refractivity contribution in [1.29, 1.82) is 0 Å². The third-order valence-electron chi connectivity index (χ3n) is 3.84. The summed E-state index contributed by atoms with van der Waals surface area (Å²) in [6, 6.07) is 6.97. The quantitative estimate of drug-likeness (QED) is 0.639. The molecule has 25 heavy (non-hydrogen) atoms. The van der Waals surface area contributed by atoms with Crippen molar-refractivity contribution in [3.63, 3.8) is 0 Å². The molecule has 1 aromatic rings. The number of carbonyl (C=O) groups is 1.